The molecule has 0 radical (unpaired) electrons. The lowest BCUT2D eigenvalue weighted by Crippen LogP contribution is -2.38. The maximum atomic E-state index is 4.69. The molecule has 1 N–H and O–H groups in total. The second-order valence-corrected chi connectivity index (χ2v) is 5.53. The van der Waals surface area contributed by atoms with E-state index in [0.29, 0.717) is 6.54 Å². The quantitative estimate of drug-likeness (QED) is 0.681. The van der Waals surface area contributed by atoms with Crippen molar-refractivity contribution in [3.8, 4) is 0 Å². The molecule has 0 aliphatic heterocycles. The molecule has 0 aliphatic carbocycles. The van der Waals surface area contributed by atoms with Crippen molar-refractivity contribution in [2.24, 2.45) is 12.0 Å². The standard InChI is InChI=1S/C17H25N5/c1-5-18-17(19-10-16-11-20-22(4)13-16)21(3)12-15-8-6-14(2)7-9-15/h6-9,11,13H,5,10,12H2,1-4H3,(H,18,19). The number of benzene rings is 1. The molecule has 0 aliphatic rings. The third kappa shape index (κ3) is 4.62. The van der Waals surface area contributed by atoms with Gasteiger partial charge in [-0.25, -0.2) is 4.99 Å². The minimum Gasteiger partial charge on any atom is -0.357 e. The van der Waals surface area contributed by atoms with Crippen molar-refractivity contribution in [1.29, 1.82) is 0 Å². The SMILES string of the molecule is CCNC(=NCc1cnn(C)c1)N(C)Cc1ccc(C)cc1. The van der Waals surface area contributed by atoms with E-state index in [1.54, 1.807) is 4.68 Å². The van der Waals surface area contributed by atoms with Crippen LogP contribution in [0.25, 0.3) is 0 Å². The molecule has 0 spiro atoms. The zero-order valence-corrected chi connectivity index (χ0v) is 13.9. The molecule has 1 aromatic heterocycles. The molecular weight excluding hydrogens is 274 g/mol. The highest BCUT2D eigenvalue weighted by atomic mass is 15.3. The van der Waals surface area contributed by atoms with Crippen LogP contribution < -0.4 is 5.32 Å². The minimum absolute atomic E-state index is 0.633. The van der Waals surface area contributed by atoms with Gasteiger partial charge in [0.05, 0.1) is 12.7 Å². The summed E-state index contributed by atoms with van der Waals surface area (Å²) in [7, 11) is 3.98. The summed E-state index contributed by atoms with van der Waals surface area (Å²) in [6.45, 7) is 6.50. The van der Waals surface area contributed by atoms with Gasteiger partial charge in [0.25, 0.3) is 0 Å². The summed E-state index contributed by atoms with van der Waals surface area (Å²) in [5.41, 5.74) is 3.67. The maximum absolute atomic E-state index is 4.69. The van der Waals surface area contributed by atoms with Crippen molar-refractivity contribution >= 4 is 5.96 Å². The van der Waals surface area contributed by atoms with Gasteiger partial charge in [-0.2, -0.15) is 5.10 Å². The van der Waals surface area contributed by atoms with Crippen LogP contribution >= 0.6 is 0 Å². The molecule has 0 unspecified atom stereocenters. The van der Waals surface area contributed by atoms with E-state index in [2.05, 4.69) is 65.5 Å². The van der Waals surface area contributed by atoms with Crippen LogP contribution in [0, 0.1) is 6.92 Å². The molecular formula is C17H25N5. The average Bonchev–Trinajstić information content (AvgIpc) is 2.91. The zero-order valence-electron chi connectivity index (χ0n) is 13.9. The number of nitrogens with zero attached hydrogens (tertiary/aromatic N) is 4. The number of aromatic nitrogens is 2. The normalized spacial score (nSPS) is 11.5. The Morgan fingerprint density at radius 1 is 1.27 bits per heavy atom. The molecule has 5 nitrogen and oxygen atoms in total. The second kappa shape index (κ2) is 7.64. The molecule has 0 atom stereocenters. The van der Waals surface area contributed by atoms with Gasteiger partial charge in [0.2, 0.25) is 0 Å². The molecule has 118 valence electrons. The third-order valence-corrected chi connectivity index (χ3v) is 3.41. The second-order valence-electron chi connectivity index (χ2n) is 5.53. The minimum atomic E-state index is 0.633. The summed E-state index contributed by atoms with van der Waals surface area (Å²) >= 11 is 0. The first kappa shape index (κ1) is 16.1. The topological polar surface area (TPSA) is 45.5 Å². The van der Waals surface area contributed by atoms with Crippen LogP contribution in [0.15, 0.2) is 41.7 Å². The summed E-state index contributed by atoms with van der Waals surface area (Å²) in [4.78, 5) is 6.83. The van der Waals surface area contributed by atoms with Gasteiger partial charge in [-0.15, -0.1) is 0 Å². The summed E-state index contributed by atoms with van der Waals surface area (Å²) in [6.07, 6.45) is 3.85. The van der Waals surface area contributed by atoms with Crippen LogP contribution in [0.3, 0.4) is 0 Å². The fourth-order valence-electron chi connectivity index (χ4n) is 2.23. The van der Waals surface area contributed by atoms with Crippen LogP contribution in [0.1, 0.15) is 23.6 Å². The van der Waals surface area contributed by atoms with Crippen molar-refractivity contribution in [2.45, 2.75) is 26.9 Å². The fourth-order valence-corrected chi connectivity index (χ4v) is 2.23. The molecule has 0 amide bonds. The predicted molar refractivity (Wildman–Crippen MR) is 90.7 cm³/mol. The first-order chi connectivity index (χ1) is 10.6. The van der Waals surface area contributed by atoms with Crippen molar-refractivity contribution in [3.63, 3.8) is 0 Å². The van der Waals surface area contributed by atoms with E-state index in [1.807, 2.05) is 19.4 Å². The van der Waals surface area contributed by atoms with Crippen molar-refractivity contribution in [2.75, 3.05) is 13.6 Å². The maximum Gasteiger partial charge on any atom is 0.194 e. The average molecular weight is 299 g/mol. The molecule has 0 bridgehead atoms. The number of rotatable bonds is 5. The Balaban J connectivity index is 2.03. The van der Waals surface area contributed by atoms with E-state index in [1.165, 1.54) is 11.1 Å². The number of aryl methyl sites for hydroxylation is 2. The van der Waals surface area contributed by atoms with Gasteiger partial charge in [0, 0.05) is 38.9 Å². The smallest absolute Gasteiger partial charge is 0.194 e. The highest BCUT2D eigenvalue weighted by molar-refractivity contribution is 5.79. The van der Waals surface area contributed by atoms with E-state index in [-0.39, 0.29) is 0 Å². The number of hydrogen-bond acceptors (Lipinski definition) is 2. The molecule has 1 aromatic carbocycles. The zero-order chi connectivity index (χ0) is 15.9. The Hall–Kier alpha value is -2.30. The van der Waals surface area contributed by atoms with E-state index in [0.717, 1.165) is 24.6 Å². The molecule has 1 heterocycles. The van der Waals surface area contributed by atoms with Crippen molar-refractivity contribution in [3.05, 3.63) is 53.3 Å². The highest BCUT2D eigenvalue weighted by Gasteiger charge is 2.06. The Labute approximate surface area is 132 Å². The molecule has 2 rings (SSSR count). The van der Waals surface area contributed by atoms with E-state index in [9.17, 15) is 0 Å². The van der Waals surface area contributed by atoms with Crippen LogP contribution in [-0.2, 0) is 20.1 Å². The summed E-state index contributed by atoms with van der Waals surface area (Å²) < 4.78 is 1.80. The number of aliphatic imine (C=N–C) groups is 1. The largest absolute Gasteiger partial charge is 0.357 e. The molecule has 5 heteroatoms. The van der Waals surface area contributed by atoms with Gasteiger partial charge in [0.1, 0.15) is 0 Å². The molecule has 0 saturated heterocycles. The number of nitrogens with one attached hydrogen (secondary N) is 1. The van der Waals surface area contributed by atoms with E-state index < -0.39 is 0 Å². The van der Waals surface area contributed by atoms with Crippen LogP contribution in [0.2, 0.25) is 0 Å². The molecule has 22 heavy (non-hydrogen) atoms. The van der Waals surface area contributed by atoms with Gasteiger partial charge >= 0.3 is 0 Å². The van der Waals surface area contributed by atoms with Gasteiger partial charge < -0.3 is 10.2 Å². The number of guanidine groups is 1. The van der Waals surface area contributed by atoms with Crippen molar-refractivity contribution < 1.29 is 0 Å². The van der Waals surface area contributed by atoms with Gasteiger partial charge in [-0.05, 0) is 19.4 Å². The predicted octanol–water partition coefficient (Wildman–Crippen LogP) is 2.33. The van der Waals surface area contributed by atoms with Gasteiger partial charge in [-0.1, -0.05) is 29.8 Å². The Morgan fingerprint density at radius 3 is 2.59 bits per heavy atom. The summed E-state index contributed by atoms with van der Waals surface area (Å²) in [5.74, 6) is 0.909. The Kier molecular flexibility index (Phi) is 5.58. The van der Waals surface area contributed by atoms with Crippen LogP contribution in [-0.4, -0.2) is 34.2 Å². The lowest BCUT2D eigenvalue weighted by molar-refractivity contribution is 0.477. The van der Waals surface area contributed by atoms with Crippen LogP contribution in [0.5, 0.6) is 0 Å². The highest BCUT2D eigenvalue weighted by Crippen LogP contribution is 2.07. The van der Waals surface area contributed by atoms with Gasteiger partial charge in [-0.3, -0.25) is 4.68 Å². The lowest BCUT2D eigenvalue weighted by atomic mass is 10.1. The summed E-state index contributed by atoms with van der Waals surface area (Å²) in [5, 5.41) is 7.51. The van der Waals surface area contributed by atoms with Crippen molar-refractivity contribution in [1.82, 2.24) is 20.0 Å². The molecule has 0 fully saturated rings. The monoisotopic (exact) mass is 299 g/mol. The third-order valence-electron chi connectivity index (χ3n) is 3.41. The number of hydrogen-bond donors (Lipinski definition) is 1. The van der Waals surface area contributed by atoms with Crippen LogP contribution in [0.4, 0.5) is 0 Å². The van der Waals surface area contributed by atoms with Gasteiger partial charge in [0.15, 0.2) is 5.96 Å². The fraction of sp³-hybridized carbons (Fsp3) is 0.412. The molecule has 2 aromatic rings. The first-order valence-corrected chi connectivity index (χ1v) is 7.61. The molecule has 0 saturated carbocycles. The van der Waals surface area contributed by atoms with E-state index in [4.69, 9.17) is 0 Å². The summed E-state index contributed by atoms with van der Waals surface area (Å²) in [6, 6.07) is 8.61. The lowest BCUT2D eigenvalue weighted by Gasteiger charge is -2.22. The Bertz CT molecular complexity index is 612. The first-order valence-electron chi connectivity index (χ1n) is 7.61. The Morgan fingerprint density at radius 2 is 2.00 bits per heavy atom. The van der Waals surface area contributed by atoms with E-state index >= 15 is 0 Å².